The highest BCUT2D eigenvalue weighted by molar-refractivity contribution is 7.99. The van der Waals surface area contributed by atoms with Crippen LogP contribution in [0.4, 0.5) is 0 Å². The van der Waals surface area contributed by atoms with Crippen molar-refractivity contribution in [2.45, 2.75) is 43.7 Å². The molecule has 0 unspecified atom stereocenters. The number of hydrogen-bond acceptors (Lipinski definition) is 4. The van der Waals surface area contributed by atoms with E-state index in [0.29, 0.717) is 6.10 Å². The molecule has 20 heavy (non-hydrogen) atoms. The van der Waals surface area contributed by atoms with Gasteiger partial charge in [0.05, 0.1) is 7.11 Å². The van der Waals surface area contributed by atoms with E-state index in [2.05, 4.69) is 12.1 Å². The molecule has 0 atom stereocenters. The molecule has 0 amide bonds. The molecule has 1 aliphatic heterocycles. The molecule has 1 saturated carbocycles. The topological polar surface area (TPSA) is 44.5 Å². The minimum atomic E-state index is -0.00657. The third-order valence-electron chi connectivity index (χ3n) is 4.16. The Bertz CT molecular complexity index is 468. The first kappa shape index (κ1) is 14.1. The predicted octanol–water partition coefficient (Wildman–Crippen LogP) is 3.00. The Morgan fingerprint density at radius 2 is 2.05 bits per heavy atom. The first-order chi connectivity index (χ1) is 9.70. The summed E-state index contributed by atoms with van der Waals surface area (Å²) in [5.74, 6) is 4.14. The number of methoxy groups -OCH3 is 1. The Morgan fingerprint density at radius 3 is 2.70 bits per heavy atom. The molecule has 0 aromatic heterocycles. The number of para-hydroxylation sites is 1. The number of hydrogen-bond donors (Lipinski definition) is 1. The summed E-state index contributed by atoms with van der Waals surface area (Å²) in [6.45, 7) is 0. The van der Waals surface area contributed by atoms with Crippen molar-refractivity contribution < 1.29 is 9.47 Å². The van der Waals surface area contributed by atoms with Gasteiger partial charge in [0.1, 0.15) is 6.10 Å². The van der Waals surface area contributed by atoms with Crippen molar-refractivity contribution in [2.24, 2.45) is 5.73 Å². The summed E-state index contributed by atoms with van der Waals surface area (Å²) in [5, 5.41) is 0. The lowest BCUT2D eigenvalue weighted by atomic mass is 10.0. The zero-order valence-corrected chi connectivity index (χ0v) is 12.9. The van der Waals surface area contributed by atoms with Crippen molar-refractivity contribution in [1.29, 1.82) is 0 Å². The molecule has 1 aromatic rings. The number of thioether (sulfide) groups is 1. The molecular weight excluding hydrogens is 270 g/mol. The van der Waals surface area contributed by atoms with E-state index in [1.807, 2.05) is 17.8 Å². The van der Waals surface area contributed by atoms with Crippen LogP contribution in [-0.4, -0.2) is 30.3 Å². The zero-order valence-electron chi connectivity index (χ0n) is 12.1. The van der Waals surface area contributed by atoms with Crippen LogP contribution >= 0.6 is 11.8 Å². The second-order valence-electron chi connectivity index (χ2n) is 5.92. The van der Waals surface area contributed by atoms with Crippen LogP contribution in [0.25, 0.3) is 0 Å². The van der Waals surface area contributed by atoms with E-state index >= 15 is 0 Å². The monoisotopic (exact) mass is 293 g/mol. The van der Waals surface area contributed by atoms with Gasteiger partial charge in [-0.05, 0) is 55.2 Å². The van der Waals surface area contributed by atoms with Crippen LogP contribution in [0.3, 0.4) is 0 Å². The maximum absolute atomic E-state index is 6.24. The summed E-state index contributed by atoms with van der Waals surface area (Å²) in [5.41, 5.74) is 7.41. The fourth-order valence-electron chi connectivity index (χ4n) is 2.71. The van der Waals surface area contributed by atoms with Gasteiger partial charge in [0, 0.05) is 5.54 Å². The van der Waals surface area contributed by atoms with Gasteiger partial charge in [-0.15, -0.1) is 0 Å². The van der Waals surface area contributed by atoms with Crippen molar-refractivity contribution in [3.8, 4) is 11.5 Å². The van der Waals surface area contributed by atoms with E-state index in [0.717, 1.165) is 43.6 Å². The standard InChI is InChI=1S/C16H23NO2S/c1-18-15-12(11-16(17)7-8-16)3-2-4-14(15)19-13-5-9-20-10-6-13/h2-4,13H,5-11,17H2,1H3. The molecule has 1 saturated heterocycles. The Kier molecular flexibility index (Phi) is 4.13. The first-order valence-electron chi connectivity index (χ1n) is 7.39. The molecule has 0 bridgehead atoms. The minimum absolute atomic E-state index is 0.00657. The van der Waals surface area contributed by atoms with E-state index in [1.54, 1.807) is 7.11 Å². The van der Waals surface area contributed by atoms with Gasteiger partial charge in [-0.2, -0.15) is 11.8 Å². The molecule has 2 aliphatic rings. The Hall–Kier alpha value is -0.870. The van der Waals surface area contributed by atoms with Gasteiger partial charge in [-0.25, -0.2) is 0 Å². The number of rotatable bonds is 5. The summed E-state index contributed by atoms with van der Waals surface area (Å²) >= 11 is 2.01. The van der Waals surface area contributed by atoms with Gasteiger partial charge in [0.15, 0.2) is 11.5 Å². The van der Waals surface area contributed by atoms with Crippen LogP contribution < -0.4 is 15.2 Å². The van der Waals surface area contributed by atoms with Gasteiger partial charge >= 0.3 is 0 Å². The van der Waals surface area contributed by atoms with E-state index in [4.69, 9.17) is 15.2 Å². The highest BCUT2D eigenvalue weighted by atomic mass is 32.2. The van der Waals surface area contributed by atoms with Crippen LogP contribution in [0, 0.1) is 0 Å². The predicted molar refractivity (Wildman–Crippen MR) is 83.8 cm³/mol. The Morgan fingerprint density at radius 1 is 1.30 bits per heavy atom. The lowest BCUT2D eigenvalue weighted by Gasteiger charge is -2.24. The van der Waals surface area contributed by atoms with Crippen LogP contribution in [0.15, 0.2) is 18.2 Å². The van der Waals surface area contributed by atoms with Crippen LogP contribution in [-0.2, 0) is 6.42 Å². The first-order valence-corrected chi connectivity index (χ1v) is 8.55. The molecule has 0 spiro atoms. The van der Waals surface area contributed by atoms with Crippen molar-refractivity contribution >= 4 is 11.8 Å². The average Bonchev–Trinajstić information content (AvgIpc) is 3.18. The molecule has 1 heterocycles. The lowest BCUT2D eigenvalue weighted by molar-refractivity contribution is 0.184. The van der Waals surface area contributed by atoms with Crippen molar-refractivity contribution in [2.75, 3.05) is 18.6 Å². The molecule has 4 heteroatoms. The molecule has 1 aromatic carbocycles. The third kappa shape index (κ3) is 3.23. The fraction of sp³-hybridized carbons (Fsp3) is 0.625. The third-order valence-corrected chi connectivity index (χ3v) is 5.21. The van der Waals surface area contributed by atoms with Gasteiger partial charge in [-0.1, -0.05) is 12.1 Å². The largest absolute Gasteiger partial charge is 0.493 e. The molecule has 110 valence electrons. The van der Waals surface area contributed by atoms with E-state index in [1.165, 1.54) is 17.1 Å². The molecule has 2 N–H and O–H groups in total. The summed E-state index contributed by atoms with van der Waals surface area (Å²) < 4.78 is 11.8. The van der Waals surface area contributed by atoms with Gasteiger partial charge < -0.3 is 15.2 Å². The zero-order chi connectivity index (χ0) is 14.0. The lowest BCUT2D eigenvalue weighted by Crippen LogP contribution is -2.25. The van der Waals surface area contributed by atoms with E-state index in [-0.39, 0.29) is 5.54 Å². The van der Waals surface area contributed by atoms with Crippen molar-refractivity contribution in [3.63, 3.8) is 0 Å². The summed E-state index contributed by atoms with van der Waals surface area (Å²) in [6, 6.07) is 6.17. The second-order valence-corrected chi connectivity index (χ2v) is 7.14. The average molecular weight is 293 g/mol. The number of ether oxygens (including phenoxy) is 2. The van der Waals surface area contributed by atoms with E-state index in [9.17, 15) is 0 Å². The maximum Gasteiger partial charge on any atom is 0.163 e. The molecule has 1 aliphatic carbocycles. The molecular formula is C16H23NO2S. The van der Waals surface area contributed by atoms with Crippen LogP contribution in [0.1, 0.15) is 31.2 Å². The van der Waals surface area contributed by atoms with E-state index < -0.39 is 0 Å². The van der Waals surface area contributed by atoms with Gasteiger partial charge in [0.2, 0.25) is 0 Å². The minimum Gasteiger partial charge on any atom is -0.493 e. The molecule has 0 radical (unpaired) electrons. The van der Waals surface area contributed by atoms with Crippen LogP contribution in [0.2, 0.25) is 0 Å². The van der Waals surface area contributed by atoms with Crippen molar-refractivity contribution in [3.05, 3.63) is 23.8 Å². The Labute approximate surface area is 125 Å². The number of benzene rings is 1. The highest BCUT2D eigenvalue weighted by Crippen LogP contribution is 2.41. The quantitative estimate of drug-likeness (QED) is 0.906. The molecule has 3 rings (SSSR count). The molecule has 2 fully saturated rings. The van der Waals surface area contributed by atoms with Crippen LogP contribution in [0.5, 0.6) is 11.5 Å². The summed E-state index contributed by atoms with van der Waals surface area (Å²) in [6.07, 6.45) is 5.68. The van der Waals surface area contributed by atoms with Crippen molar-refractivity contribution in [1.82, 2.24) is 0 Å². The highest BCUT2D eigenvalue weighted by Gasteiger charge is 2.39. The maximum atomic E-state index is 6.24. The fourth-order valence-corrected chi connectivity index (χ4v) is 3.78. The van der Waals surface area contributed by atoms with Gasteiger partial charge in [-0.3, -0.25) is 0 Å². The Balaban J connectivity index is 1.76. The normalized spacial score (nSPS) is 21.5. The van der Waals surface area contributed by atoms with Gasteiger partial charge in [0.25, 0.3) is 0 Å². The number of nitrogens with two attached hydrogens (primary N) is 1. The SMILES string of the molecule is COc1c(CC2(N)CC2)cccc1OC1CCSCC1. The summed E-state index contributed by atoms with van der Waals surface area (Å²) in [4.78, 5) is 0. The summed E-state index contributed by atoms with van der Waals surface area (Å²) in [7, 11) is 1.72. The molecule has 3 nitrogen and oxygen atoms in total. The second kappa shape index (κ2) is 5.86. The smallest absolute Gasteiger partial charge is 0.163 e.